The van der Waals surface area contributed by atoms with Crippen LogP contribution in [-0.2, 0) is 0 Å². The molecule has 0 aliphatic heterocycles. The van der Waals surface area contributed by atoms with Crippen LogP contribution in [0.4, 0.5) is 0 Å². The van der Waals surface area contributed by atoms with Crippen LogP contribution in [0.25, 0.3) is 11.1 Å². The normalized spacial score (nSPS) is 9.38. The van der Waals surface area contributed by atoms with Crippen molar-refractivity contribution in [3.8, 4) is 16.9 Å². The van der Waals surface area contributed by atoms with E-state index in [2.05, 4.69) is 33.5 Å². The van der Waals surface area contributed by atoms with Crippen molar-refractivity contribution in [2.24, 2.45) is 0 Å². The van der Waals surface area contributed by atoms with Crippen LogP contribution < -0.4 is 10.0 Å². The minimum atomic E-state index is 0. The van der Waals surface area contributed by atoms with Gasteiger partial charge in [0.2, 0.25) is 0 Å². The number of rotatable bonds is 2. The van der Waals surface area contributed by atoms with Crippen LogP contribution in [0.5, 0.6) is 5.75 Å². The van der Waals surface area contributed by atoms with Gasteiger partial charge in [-0.3, -0.25) is 0 Å². The molecule has 1 nitrogen and oxygen atoms in total. The zero-order valence-electron chi connectivity index (χ0n) is 9.18. The molecule has 0 heterocycles. The lowest BCUT2D eigenvalue weighted by molar-refractivity contribution is 0.415. The van der Waals surface area contributed by atoms with Crippen molar-refractivity contribution in [1.82, 2.24) is 0 Å². The molecule has 3 heteroatoms. The lowest BCUT2D eigenvalue weighted by Crippen LogP contribution is -1.95. The van der Waals surface area contributed by atoms with Gasteiger partial charge in [0.15, 0.2) is 0 Å². The Morgan fingerprint density at radius 2 is 1.56 bits per heavy atom. The second kappa shape index (κ2) is 5.72. The van der Waals surface area contributed by atoms with Gasteiger partial charge in [0.25, 0.3) is 0 Å². The number of ether oxygens (including phenoxy) is 1. The summed E-state index contributed by atoms with van der Waals surface area (Å²) < 4.78 is 5.13. The first-order valence-electron chi connectivity index (χ1n) is 4.80. The first-order valence-corrected chi connectivity index (χ1v) is 5.38. The average Bonchev–Trinajstić information content (AvgIpc) is 2.30. The van der Waals surface area contributed by atoms with Crippen molar-refractivity contribution >= 4 is 23.0 Å². The van der Waals surface area contributed by atoms with Crippen molar-refractivity contribution in [2.75, 3.05) is 7.11 Å². The fourth-order valence-electron chi connectivity index (χ4n) is 1.53. The van der Waals surface area contributed by atoms with Crippen LogP contribution in [0.2, 0.25) is 0 Å². The molecule has 0 aliphatic carbocycles. The predicted molar refractivity (Wildman–Crippen MR) is 73.5 cm³/mol. The molecule has 79 valence electrons. The van der Waals surface area contributed by atoms with E-state index in [0.29, 0.717) is 0 Å². The second-order valence-electron chi connectivity index (χ2n) is 3.32. The molecule has 0 saturated carbocycles. The van der Waals surface area contributed by atoms with Gasteiger partial charge in [-0.1, -0.05) is 36.4 Å². The van der Waals surface area contributed by atoms with Gasteiger partial charge in [-0.05, 0) is 28.6 Å². The number of benzene rings is 2. The molecule has 2 rings (SSSR count). The molecular formula is C13H13BOP. The molecular weight excluding hydrogens is 214 g/mol. The van der Waals surface area contributed by atoms with E-state index in [9.17, 15) is 0 Å². The van der Waals surface area contributed by atoms with Gasteiger partial charge in [0, 0.05) is 8.41 Å². The zero-order valence-corrected chi connectivity index (χ0v) is 10.3. The third kappa shape index (κ3) is 2.65. The van der Waals surface area contributed by atoms with Gasteiger partial charge in [-0.2, -0.15) is 0 Å². The number of methoxy groups -OCH3 is 1. The van der Waals surface area contributed by atoms with Crippen molar-refractivity contribution < 1.29 is 4.74 Å². The molecule has 0 amide bonds. The van der Waals surface area contributed by atoms with Gasteiger partial charge >= 0.3 is 0 Å². The summed E-state index contributed by atoms with van der Waals surface area (Å²) >= 11 is 0. The maximum Gasteiger partial charge on any atom is 0.118 e. The lowest BCUT2D eigenvalue weighted by Gasteiger charge is -2.06. The summed E-state index contributed by atoms with van der Waals surface area (Å²) in [4.78, 5) is 0. The van der Waals surface area contributed by atoms with Crippen LogP contribution in [0.15, 0.2) is 48.5 Å². The third-order valence-electron chi connectivity index (χ3n) is 2.36. The highest BCUT2D eigenvalue weighted by atomic mass is 31.0. The molecule has 0 saturated heterocycles. The van der Waals surface area contributed by atoms with Crippen LogP contribution in [0, 0.1) is 0 Å². The summed E-state index contributed by atoms with van der Waals surface area (Å²) in [5.41, 5.74) is 2.45. The predicted octanol–water partition coefficient (Wildman–Crippen LogP) is 2.48. The smallest absolute Gasteiger partial charge is 0.118 e. The van der Waals surface area contributed by atoms with Crippen molar-refractivity contribution in [3.63, 3.8) is 0 Å². The Hall–Kier alpha value is -1.27. The van der Waals surface area contributed by atoms with Crippen LogP contribution in [-0.4, -0.2) is 15.5 Å². The fraction of sp³-hybridized carbons (Fsp3) is 0.0769. The summed E-state index contributed by atoms with van der Waals surface area (Å²) in [6.45, 7) is 0. The molecule has 0 aromatic heterocycles. The minimum Gasteiger partial charge on any atom is -0.497 e. The molecule has 0 bridgehead atoms. The van der Waals surface area contributed by atoms with Crippen molar-refractivity contribution in [3.05, 3.63) is 48.5 Å². The van der Waals surface area contributed by atoms with E-state index in [-0.39, 0.29) is 8.41 Å². The Morgan fingerprint density at radius 1 is 0.938 bits per heavy atom. The van der Waals surface area contributed by atoms with Crippen LogP contribution >= 0.6 is 9.24 Å². The van der Waals surface area contributed by atoms with Gasteiger partial charge in [-0.25, -0.2) is 0 Å². The van der Waals surface area contributed by atoms with E-state index in [1.165, 1.54) is 16.4 Å². The first kappa shape index (κ1) is 12.8. The van der Waals surface area contributed by atoms with E-state index in [1.807, 2.05) is 24.3 Å². The van der Waals surface area contributed by atoms with Gasteiger partial charge < -0.3 is 4.74 Å². The van der Waals surface area contributed by atoms with E-state index >= 15 is 0 Å². The maximum atomic E-state index is 5.13. The minimum absolute atomic E-state index is 0. The van der Waals surface area contributed by atoms with Crippen LogP contribution in [0.1, 0.15) is 0 Å². The highest BCUT2D eigenvalue weighted by molar-refractivity contribution is 7.28. The van der Waals surface area contributed by atoms with Crippen molar-refractivity contribution in [1.29, 1.82) is 0 Å². The standard InChI is InChI=1S/C13H13OP.B/c1-14-11-8-6-10(7-9-11)12-4-2-3-5-13(12)15;/h2-9H,15H2,1H3;. The summed E-state index contributed by atoms with van der Waals surface area (Å²) in [7, 11) is 4.43. The summed E-state index contributed by atoms with van der Waals surface area (Å²) in [6.07, 6.45) is 0. The van der Waals surface area contributed by atoms with E-state index in [4.69, 9.17) is 4.74 Å². The molecule has 2 aromatic carbocycles. The third-order valence-corrected chi connectivity index (χ3v) is 2.87. The molecule has 0 aliphatic rings. The Labute approximate surface area is 101 Å². The summed E-state index contributed by atoms with van der Waals surface area (Å²) in [5.74, 6) is 0.889. The zero-order chi connectivity index (χ0) is 10.7. The Kier molecular flexibility index (Phi) is 4.58. The molecule has 0 spiro atoms. The Balaban J connectivity index is 0.00000128. The lowest BCUT2D eigenvalue weighted by atomic mass is 10.1. The first-order chi connectivity index (χ1) is 7.31. The van der Waals surface area contributed by atoms with E-state index in [1.54, 1.807) is 7.11 Å². The number of hydrogen-bond donors (Lipinski definition) is 0. The molecule has 1 atom stereocenters. The molecule has 16 heavy (non-hydrogen) atoms. The molecule has 2 aromatic rings. The van der Waals surface area contributed by atoms with Gasteiger partial charge in [0.05, 0.1) is 7.11 Å². The average molecular weight is 227 g/mol. The molecule has 1 unspecified atom stereocenters. The molecule has 0 N–H and O–H groups in total. The summed E-state index contributed by atoms with van der Waals surface area (Å²) in [6, 6.07) is 16.4. The highest BCUT2D eigenvalue weighted by Gasteiger charge is 2.00. The van der Waals surface area contributed by atoms with Crippen LogP contribution in [0.3, 0.4) is 0 Å². The van der Waals surface area contributed by atoms with E-state index < -0.39 is 0 Å². The monoisotopic (exact) mass is 227 g/mol. The fourth-order valence-corrected chi connectivity index (χ4v) is 1.90. The maximum absolute atomic E-state index is 5.13. The SMILES string of the molecule is COc1ccc(-c2ccccc2P)cc1.[B]. The molecule has 3 radical (unpaired) electrons. The summed E-state index contributed by atoms with van der Waals surface area (Å²) in [5, 5.41) is 1.21. The van der Waals surface area contributed by atoms with E-state index in [0.717, 1.165) is 5.75 Å². The largest absolute Gasteiger partial charge is 0.497 e. The molecule has 0 fully saturated rings. The quantitative estimate of drug-likeness (QED) is 0.565. The Morgan fingerprint density at radius 3 is 2.12 bits per heavy atom. The highest BCUT2D eigenvalue weighted by Crippen LogP contribution is 2.21. The van der Waals surface area contributed by atoms with Gasteiger partial charge in [-0.15, -0.1) is 9.24 Å². The Bertz CT molecular complexity index is 454. The topological polar surface area (TPSA) is 9.23 Å². The number of hydrogen-bond acceptors (Lipinski definition) is 1. The second-order valence-corrected chi connectivity index (χ2v) is 3.94. The van der Waals surface area contributed by atoms with Crippen molar-refractivity contribution in [2.45, 2.75) is 0 Å². The van der Waals surface area contributed by atoms with Gasteiger partial charge in [0.1, 0.15) is 5.75 Å².